The second kappa shape index (κ2) is 25.0. The molecule has 0 aliphatic rings. The summed E-state index contributed by atoms with van der Waals surface area (Å²) in [4.78, 5) is 0. The van der Waals surface area contributed by atoms with Crippen LogP contribution in [-0.2, 0) is 0 Å². The van der Waals surface area contributed by atoms with Crippen LogP contribution in [0.2, 0.25) is 0 Å². The Balaban J connectivity index is 3.71. The second-order valence-corrected chi connectivity index (χ2v) is 11.6. The largest absolute Gasteiger partial charge is 0.394 e. The quantitative estimate of drug-likeness (QED) is 0.101. The molecule has 0 radical (unpaired) electrons. The Morgan fingerprint density at radius 1 is 0.361 bits per heavy atom. The van der Waals surface area contributed by atoms with Crippen molar-refractivity contribution in [3.05, 3.63) is 0 Å². The Kier molecular flexibility index (Phi) is 24.8. The number of alkyl halides is 3. The summed E-state index contributed by atoms with van der Waals surface area (Å²) in [5.41, 5.74) is 9.52. The fraction of sp³-hybridized carbons (Fsp3) is 1.00. The van der Waals surface area contributed by atoms with Crippen molar-refractivity contribution in [2.75, 3.05) is 13.1 Å². The molecule has 218 valence electrons. The van der Waals surface area contributed by atoms with Crippen LogP contribution in [0, 0.1) is 5.41 Å². The summed E-state index contributed by atoms with van der Waals surface area (Å²) < 4.78 is 41.4. The van der Waals surface area contributed by atoms with Crippen LogP contribution in [0.1, 0.15) is 174 Å². The van der Waals surface area contributed by atoms with Crippen molar-refractivity contribution in [2.24, 2.45) is 16.9 Å². The molecule has 0 aliphatic heterocycles. The van der Waals surface area contributed by atoms with Crippen molar-refractivity contribution < 1.29 is 13.2 Å². The van der Waals surface area contributed by atoms with Crippen molar-refractivity contribution >= 4 is 0 Å². The van der Waals surface area contributed by atoms with Gasteiger partial charge in [-0.25, -0.2) is 0 Å². The van der Waals surface area contributed by atoms with E-state index in [2.05, 4.69) is 0 Å². The highest BCUT2D eigenvalue weighted by atomic mass is 19.4. The molecule has 0 atom stereocenters. The molecule has 0 fully saturated rings. The molecular formula is C31H63F3N2. The Bertz CT molecular complexity index is 410. The number of halogens is 3. The van der Waals surface area contributed by atoms with Crippen molar-refractivity contribution in [3.8, 4) is 0 Å². The van der Waals surface area contributed by atoms with E-state index in [1.165, 1.54) is 110 Å². The second-order valence-electron chi connectivity index (χ2n) is 11.6. The Hall–Kier alpha value is -0.290. The first-order chi connectivity index (χ1) is 17.4. The third-order valence-corrected chi connectivity index (χ3v) is 8.05. The maximum atomic E-state index is 13.8. The van der Waals surface area contributed by atoms with E-state index in [1.54, 1.807) is 0 Å². The molecule has 0 spiro atoms. The molecule has 2 nitrogen and oxygen atoms in total. The van der Waals surface area contributed by atoms with E-state index in [9.17, 15) is 13.2 Å². The Morgan fingerprint density at radius 2 is 0.556 bits per heavy atom. The average molecular weight is 521 g/mol. The van der Waals surface area contributed by atoms with Gasteiger partial charge in [0.05, 0.1) is 5.41 Å². The van der Waals surface area contributed by atoms with E-state index in [0.29, 0.717) is 25.7 Å². The van der Waals surface area contributed by atoms with Crippen molar-refractivity contribution in [3.63, 3.8) is 0 Å². The Labute approximate surface area is 223 Å². The van der Waals surface area contributed by atoms with Gasteiger partial charge in [-0.1, -0.05) is 148 Å². The zero-order chi connectivity index (χ0) is 26.8. The summed E-state index contributed by atoms with van der Waals surface area (Å²) in [5.74, 6) is 0. The normalized spacial score (nSPS) is 12.5. The smallest absolute Gasteiger partial charge is 0.330 e. The van der Waals surface area contributed by atoms with Gasteiger partial charge in [-0.05, 0) is 38.8 Å². The zero-order valence-electron chi connectivity index (χ0n) is 24.1. The maximum absolute atomic E-state index is 13.8. The molecule has 0 aromatic carbocycles. The van der Waals surface area contributed by atoms with Crippen LogP contribution in [-0.4, -0.2) is 19.3 Å². The van der Waals surface area contributed by atoms with E-state index in [-0.39, 0.29) is 0 Å². The third-order valence-electron chi connectivity index (χ3n) is 8.05. The van der Waals surface area contributed by atoms with Crippen LogP contribution >= 0.6 is 0 Å². The number of hydrogen-bond donors (Lipinski definition) is 2. The average Bonchev–Trinajstić information content (AvgIpc) is 2.84. The molecule has 0 heterocycles. The van der Waals surface area contributed by atoms with Crippen LogP contribution in [0.15, 0.2) is 0 Å². The minimum Gasteiger partial charge on any atom is -0.330 e. The lowest BCUT2D eigenvalue weighted by Crippen LogP contribution is -2.35. The number of unbranched alkanes of at least 4 members (excludes halogenated alkanes) is 22. The summed E-state index contributed by atoms with van der Waals surface area (Å²) in [7, 11) is 0. The topological polar surface area (TPSA) is 52.0 Å². The summed E-state index contributed by atoms with van der Waals surface area (Å²) in [6, 6.07) is 0. The highest BCUT2D eigenvalue weighted by molar-refractivity contribution is 4.82. The fourth-order valence-corrected chi connectivity index (χ4v) is 5.26. The minimum absolute atomic E-state index is 0.296. The first-order valence-electron chi connectivity index (χ1n) is 15.8. The van der Waals surface area contributed by atoms with Crippen molar-refractivity contribution in [1.82, 2.24) is 0 Å². The van der Waals surface area contributed by atoms with E-state index in [1.807, 2.05) is 0 Å². The lowest BCUT2D eigenvalue weighted by Gasteiger charge is -2.32. The highest BCUT2D eigenvalue weighted by Crippen LogP contribution is 2.46. The van der Waals surface area contributed by atoms with E-state index in [4.69, 9.17) is 11.5 Å². The first kappa shape index (κ1) is 35.7. The molecule has 4 N–H and O–H groups in total. The van der Waals surface area contributed by atoms with Gasteiger partial charge in [-0.15, -0.1) is 0 Å². The van der Waals surface area contributed by atoms with Gasteiger partial charge < -0.3 is 11.5 Å². The summed E-state index contributed by atoms with van der Waals surface area (Å²) in [6.07, 6.45) is 24.5. The van der Waals surface area contributed by atoms with Gasteiger partial charge in [0.1, 0.15) is 0 Å². The van der Waals surface area contributed by atoms with Crippen LogP contribution in [0.25, 0.3) is 0 Å². The fourth-order valence-electron chi connectivity index (χ4n) is 5.26. The number of rotatable bonds is 28. The van der Waals surface area contributed by atoms with Crippen LogP contribution < -0.4 is 11.5 Å². The molecule has 0 bridgehead atoms. The van der Waals surface area contributed by atoms with Crippen LogP contribution in [0.3, 0.4) is 0 Å². The van der Waals surface area contributed by atoms with Crippen LogP contribution in [0.5, 0.6) is 0 Å². The zero-order valence-corrected chi connectivity index (χ0v) is 24.1. The number of hydrogen-bond acceptors (Lipinski definition) is 2. The van der Waals surface area contributed by atoms with Gasteiger partial charge in [0.25, 0.3) is 0 Å². The monoisotopic (exact) mass is 520 g/mol. The van der Waals surface area contributed by atoms with Gasteiger partial charge >= 0.3 is 6.18 Å². The van der Waals surface area contributed by atoms with Gasteiger partial charge in [-0.3, -0.25) is 0 Å². The van der Waals surface area contributed by atoms with Crippen molar-refractivity contribution in [1.29, 1.82) is 0 Å². The van der Waals surface area contributed by atoms with E-state index >= 15 is 0 Å². The molecular weight excluding hydrogens is 457 g/mol. The molecule has 0 saturated carbocycles. The predicted molar refractivity (Wildman–Crippen MR) is 152 cm³/mol. The van der Waals surface area contributed by atoms with Gasteiger partial charge in [0.15, 0.2) is 0 Å². The summed E-state index contributed by atoms with van der Waals surface area (Å²) in [5, 5.41) is 0. The van der Waals surface area contributed by atoms with Crippen LogP contribution in [0.4, 0.5) is 13.2 Å². The standard InChI is InChI=1S/C31H63F3N2/c1-30(31(32,33)34,26-22-18-14-10-6-2-4-8-12-16-20-24-28-35)27-23-19-15-11-7-3-5-9-13-17-21-25-29-36/h2-29,35-36H2,1H3. The van der Waals surface area contributed by atoms with Crippen molar-refractivity contribution in [2.45, 2.75) is 180 Å². The third kappa shape index (κ3) is 21.8. The lowest BCUT2D eigenvalue weighted by molar-refractivity contribution is -0.223. The molecule has 36 heavy (non-hydrogen) atoms. The van der Waals surface area contributed by atoms with Gasteiger partial charge in [-0.2, -0.15) is 13.2 Å². The van der Waals surface area contributed by atoms with Gasteiger partial charge in [0, 0.05) is 0 Å². The lowest BCUT2D eigenvalue weighted by atomic mass is 9.79. The minimum atomic E-state index is -4.08. The Morgan fingerprint density at radius 3 is 0.750 bits per heavy atom. The highest BCUT2D eigenvalue weighted by Gasteiger charge is 2.49. The van der Waals surface area contributed by atoms with E-state index < -0.39 is 11.6 Å². The SMILES string of the molecule is CC(CCCCCCCCCCCCCCN)(CCCCCCCCCCCCCCN)C(F)(F)F. The molecule has 0 aromatic rings. The van der Waals surface area contributed by atoms with Gasteiger partial charge in [0.2, 0.25) is 0 Å². The number of nitrogens with two attached hydrogens (primary N) is 2. The first-order valence-corrected chi connectivity index (χ1v) is 15.8. The summed E-state index contributed by atoms with van der Waals surface area (Å²) in [6.45, 7) is 3.08. The molecule has 0 saturated heterocycles. The maximum Gasteiger partial charge on any atom is 0.394 e. The van der Waals surface area contributed by atoms with E-state index in [0.717, 1.165) is 51.6 Å². The molecule has 0 aromatic heterocycles. The molecule has 5 heteroatoms. The molecule has 0 rings (SSSR count). The molecule has 0 aliphatic carbocycles. The molecule has 0 unspecified atom stereocenters. The molecule has 0 amide bonds. The summed E-state index contributed by atoms with van der Waals surface area (Å²) >= 11 is 0. The predicted octanol–water partition coefficient (Wildman–Crippen LogP) is 10.6.